The van der Waals surface area contributed by atoms with Gasteiger partial charge < -0.3 is 10.5 Å². The first-order valence-electron chi connectivity index (χ1n) is 8.11. The van der Waals surface area contributed by atoms with Gasteiger partial charge in [-0.25, -0.2) is 0 Å². The molecule has 116 valence electrons. The first kappa shape index (κ1) is 16.0. The maximum absolute atomic E-state index is 12.0. The predicted octanol–water partition coefficient (Wildman–Crippen LogP) is 3.98. The lowest BCUT2D eigenvalue weighted by Crippen LogP contribution is -2.32. The van der Waals surface area contributed by atoms with Gasteiger partial charge in [-0.15, -0.1) is 0 Å². The van der Waals surface area contributed by atoms with Gasteiger partial charge in [0.25, 0.3) is 0 Å². The van der Waals surface area contributed by atoms with E-state index in [9.17, 15) is 4.79 Å². The van der Waals surface area contributed by atoms with Gasteiger partial charge in [0.15, 0.2) is 0 Å². The van der Waals surface area contributed by atoms with Crippen LogP contribution in [0.25, 0.3) is 0 Å². The van der Waals surface area contributed by atoms with E-state index < -0.39 is 0 Å². The van der Waals surface area contributed by atoms with Crippen molar-refractivity contribution in [3.8, 4) is 0 Å². The Labute approximate surface area is 127 Å². The average Bonchev–Trinajstić information content (AvgIpc) is 2.49. The van der Waals surface area contributed by atoms with Crippen LogP contribution in [0.1, 0.15) is 63.5 Å². The molecule has 0 radical (unpaired) electrons. The van der Waals surface area contributed by atoms with Crippen LogP contribution in [-0.2, 0) is 9.53 Å². The average molecular weight is 289 g/mol. The molecule has 2 rings (SSSR count). The summed E-state index contributed by atoms with van der Waals surface area (Å²) in [5, 5.41) is 0. The number of hydrogen-bond donors (Lipinski definition) is 1. The molecule has 3 heteroatoms. The van der Waals surface area contributed by atoms with Gasteiger partial charge in [0.05, 0.1) is 13.0 Å². The second kappa shape index (κ2) is 7.60. The number of rotatable bonds is 6. The molecule has 1 fully saturated rings. The Morgan fingerprint density at radius 2 is 1.90 bits per heavy atom. The topological polar surface area (TPSA) is 52.3 Å². The van der Waals surface area contributed by atoms with Gasteiger partial charge in [0.1, 0.15) is 0 Å². The molecule has 2 N–H and O–H groups in total. The summed E-state index contributed by atoms with van der Waals surface area (Å²) in [6, 6.07) is 10.2. The van der Waals surface area contributed by atoms with Crippen LogP contribution in [0.2, 0.25) is 0 Å². The fourth-order valence-electron chi connectivity index (χ4n) is 3.56. The van der Waals surface area contributed by atoms with E-state index in [4.69, 9.17) is 10.5 Å². The molecule has 1 aromatic carbocycles. The molecule has 1 saturated carbocycles. The van der Waals surface area contributed by atoms with Crippen LogP contribution in [0.5, 0.6) is 0 Å². The van der Waals surface area contributed by atoms with E-state index in [2.05, 4.69) is 12.1 Å². The standard InChI is InChI=1S/C18H27NO2/c1-2-21-17(20)14-18(11-7-4-8-12-18)13-16(19)15-9-5-3-6-10-15/h3,5-6,9-10,16H,2,4,7-8,11-14,19H2,1H3. The summed E-state index contributed by atoms with van der Waals surface area (Å²) in [5.41, 5.74) is 7.59. The van der Waals surface area contributed by atoms with Crippen molar-refractivity contribution in [1.29, 1.82) is 0 Å². The third-order valence-electron chi connectivity index (χ3n) is 4.62. The summed E-state index contributed by atoms with van der Waals surface area (Å²) in [6.07, 6.45) is 7.23. The van der Waals surface area contributed by atoms with Crippen molar-refractivity contribution in [2.45, 2.75) is 57.9 Å². The summed E-state index contributed by atoms with van der Waals surface area (Å²) in [5.74, 6) is -0.0698. The smallest absolute Gasteiger partial charge is 0.306 e. The molecule has 0 bridgehead atoms. The fraction of sp³-hybridized carbons (Fsp3) is 0.611. The molecule has 3 nitrogen and oxygen atoms in total. The van der Waals surface area contributed by atoms with E-state index in [1.807, 2.05) is 25.1 Å². The maximum Gasteiger partial charge on any atom is 0.306 e. The number of carbonyl (C=O) groups is 1. The van der Waals surface area contributed by atoms with Crippen molar-refractivity contribution in [3.05, 3.63) is 35.9 Å². The zero-order valence-electron chi connectivity index (χ0n) is 13.0. The van der Waals surface area contributed by atoms with Gasteiger partial charge in [-0.3, -0.25) is 4.79 Å². The van der Waals surface area contributed by atoms with E-state index in [0.717, 1.165) is 24.8 Å². The van der Waals surface area contributed by atoms with Gasteiger partial charge in [-0.2, -0.15) is 0 Å². The highest BCUT2D eigenvalue weighted by atomic mass is 16.5. The quantitative estimate of drug-likeness (QED) is 0.806. The highest BCUT2D eigenvalue weighted by molar-refractivity contribution is 5.70. The number of carbonyl (C=O) groups excluding carboxylic acids is 1. The maximum atomic E-state index is 12.0. The van der Waals surface area contributed by atoms with Gasteiger partial charge in [-0.05, 0) is 37.2 Å². The lowest BCUT2D eigenvalue weighted by atomic mass is 9.67. The van der Waals surface area contributed by atoms with E-state index in [1.165, 1.54) is 19.3 Å². The number of esters is 1. The summed E-state index contributed by atoms with van der Waals surface area (Å²) in [6.45, 7) is 2.32. The molecule has 21 heavy (non-hydrogen) atoms. The Hall–Kier alpha value is -1.35. The molecule has 0 amide bonds. The van der Waals surface area contributed by atoms with E-state index in [1.54, 1.807) is 0 Å². The minimum absolute atomic E-state index is 0.00118. The Morgan fingerprint density at radius 3 is 2.52 bits per heavy atom. The van der Waals surface area contributed by atoms with Crippen molar-refractivity contribution in [3.63, 3.8) is 0 Å². The second-order valence-electron chi connectivity index (χ2n) is 6.26. The SMILES string of the molecule is CCOC(=O)CC1(CC(N)c2ccccc2)CCCCC1. The molecule has 0 aromatic heterocycles. The summed E-state index contributed by atoms with van der Waals surface area (Å²) < 4.78 is 5.18. The van der Waals surface area contributed by atoms with Gasteiger partial charge in [0.2, 0.25) is 0 Å². The lowest BCUT2D eigenvalue weighted by molar-refractivity contribution is -0.146. The number of nitrogens with two attached hydrogens (primary N) is 1. The molecule has 1 aliphatic rings. The molecule has 0 spiro atoms. The zero-order valence-corrected chi connectivity index (χ0v) is 13.0. The van der Waals surface area contributed by atoms with Crippen molar-refractivity contribution < 1.29 is 9.53 Å². The van der Waals surface area contributed by atoms with Crippen LogP contribution in [0.4, 0.5) is 0 Å². The molecule has 1 aromatic rings. The summed E-state index contributed by atoms with van der Waals surface area (Å²) in [4.78, 5) is 12.0. The summed E-state index contributed by atoms with van der Waals surface area (Å²) >= 11 is 0. The lowest BCUT2D eigenvalue weighted by Gasteiger charge is -2.38. The van der Waals surface area contributed by atoms with Gasteiger partial charge in [0, 0.05) is 6.04 Å². The zero-order chi connectivity index (χ0) is 15.1. The molecule has 1 aliphatic carbocycles. The van der Waals surface area contributed by atoms with Crippen molar-refractivity contribution >= 4 is 5.97 Å². The number of hydrogen-bond acceptors (Lipinski definition) is 3. The van der Waals surface area contributed by atoms with Crippen molar-refractivity contribution in [2.75, 3.05) is 6.61 Å². The normalized spacial score (nSPS) is 19.0. The molecule has 1 atom stereocenters. The minimum Gasteiger partial charge on any atom is -0.466 e. The van der Waals surface area contributed by atoms with E-state index >= 15 is 0 Å². The molecular weight excluding hydrogens is 262 g/mol. The second-order valence-corrected chi connectivity index (χ2v) is 6.26. The van der Waals surface area contributed by atoms with Crippen molar-refractivity contribution in [2.24, 2.45) is 11.1 Å². The van der Waals surface area contributed by atoms with Crippen molar-refractivity contribution in [1.82, 2.24) is 0 Å². The largest absolute Gasteiger partial charge is 0.466 e. The molecule has 0 aliphatic heterocycles. The molecule has 0 heterocycles. The Bertz CT molecular complexity index is 438. The molecule has 1 unspecified atom stereocenters. The molecular formula is C18H27NO2. The van der Waals surface area contributed by atoms with Crippen LogP contribution < -0.4 is 5.73 Å². The minimum atomic E-state index is -0.0698. The van der Waals surface area contributed by atoms with Gasteiger partial charge >= 0.3 is 5.97 Å². The third kappa shape index (κ3) is 4.57. The van der Waals surface area contributed by atoms with Crippen LogP contribution in [0.3, 0.4) is 0 Å². The highest BCUT2D eigenvalue weighted by Crippen LogP contribution is 2.45. The fourth-order valence-corrected chi connectivity index (χ4v) is 3.56. The first-order chi connectivity index (χ1) is 10.2. The Balaban J connectivity index is 2.07. The van der Waals surface area contributed by atoms with E-state index in [0.29, 0.717) is 13.0 Å². The summed E-state index contributed by atoms with van der Waals surface area (Å²) in [7, 11) is 0. The Morgan fingerprint density at radius 1 is 1.24 bits per heavy atom. The van der Waals surface area contributed by atoms with E-state index in [-0.39, 0.29) is 17.4 Å². The first-order valence-corrected chi connectivity index (χ1v) is 8.11. The number of ether oxygens (including phenoxy) is 1. The van der Waals surface area contributed by atoms with Crippen LogP contribution in [0, 0.1) is 5.41 Å². The van der Waals surface area contributed by atoms with Crippen LogP contribution in [-0.4, -0.2) is 12.6 Å². The third-order valence-corrected chi connectivity index (χ3v) is 4.62. The number of benzene rings is 1. The highest BCUT2D eigenvalue weighted by Gasteiger charge is 2.36. The predicted molar refractivity (Wildman–Crippen MR) is 84.8 cm³/mol. The van der Waals surface area contributed by atoms with Gasteiger partial charge in [-0.1, -0.05) is 49.6 Å². The van der Waals surface area contributed by atoms with Crippen LogP contribution >= 0.6 is 0 Å². The molecule has 0 saturated heterocycles. The monoisotopic (exact) mass is 289 g/mol. The Kier molecular flexibility index (Phi) is 5.80. The van der Waals surface area contributed by atoms with Crippen LogP contribution in [0.15, 0.2) is 30.3 Å².